The molecule has 0 radical (unpaired) electrons. The summed E-state index contributed by atoms with van der Waals surface area (Å²) in [6.07, 6.45) is 3.36. The highest BCUT2D eigenvalue weighted by atomic mass is 19.1. The molecule has 0 unspecified atom stereocenters. The molecular weight excluding hydrogens is 693 g/mol. The molecular formula is C42H38FN3O8. The lowest BCUT2D eigenvalue weighted by Crippen LogP contribution is -2.13. The van der Waals surface area contributed by atoms with Gasteiger partial charge in [0.2, 0.25) is 0 Å². The van der Waals surface area contributed by atoms with Crippen LogP contribution < -0.4 is 20.3 Å². The number of nitrogens with zero attached hydrogens (tertiary/aromatic N) is 3. The molecule has 0 N–H and O–H groups in total. The van der Waals surface area contributed by atoms with Crippen LogP contribution in [0, 0.1) is 12.7 Å². The second kappa shape index (κ2) is 17.1. The minimum atomic E-state index is -0.464. The van der Waals surface area contributed by atoms with E-state index in [0.29, 0.717) is 97.5 Å². The predicted octanol–water partition coefficient (Wildman–Crippen LogP) is 7.40. The Kier molecular flexibility index (Phi) is 11.5. The van der Waals surface area contributed by atoms with Crippen LogP contribution in [0.15, 0.2) is 122 Å². The number of halogens is 1. The Labute approximate surface area is 309 Å². The van der Waals surface area contributed by atoms with Gasteiger partial charge >= 0.3 is 0 Å². The SMILES string of the molecule is Cc1ccc2oc(-c3ccc(OCCOCCOCCn4cc(CCCOc5ccc(-c6cc(=O)c7ccc(F)cc7o6)cc5)nn4)cc3)cc(=O)c2c1. The van der Waals surface area contributed by atoms with Gasteiger partial charge in [0.05, 0.1) is 56.0 Å². The molecule has 0 atom stereocenters. The summed E-state index contributed by atoms with van der Waals surface area (Å²) in [5.74, 6) is 1.78. The van der Waals surface area contributed by atoms with E-state index in [1.807, 2.05) is 55.6 Å². The van der Waals surface area contributed by atoms with Crippen molar-refractivity contribution in [2.45, 2.75) is 26.3 Å². The lowest BCUT2D eigenvalue weighted by molar-refractivity contribution is 0.0333. The lowest BCUT2D eigenvalue weighted by atomic mass is 10.1. The number of ether oxygens (including phenoxy) is 4. The van der Waals surface area contributed by atoms with Crippen molar-refractivity contribution in [1.29, 1.82) is 0 Å². The smallest absolute Gasteiger partial charge is 0.193 e. The van der Waals surface area contributed by atoms with Crippen molar-refractivity contribution in [2.75, 3.05) is 39.6 Å². The van der Waals surface area contributed by atoms with Crippen LogP contribution in [0.1, 0.15) is 17.7 Å². The van der Waals surface area contributed by atoms with Crippen LogP contribution in [-0.4, -0.2) is 54.6 Å². The topological polar surface area (TPSA) is 128 Å². The van der Waals surface area contributed by atoms with Crippen molar-refractivity contribution in [1.82, 2.24) is 15.0 Å². The summed E-state index contributed by atoms with van der Waals surface area (Å²) in [5.41, 5.74) is 3.83. The average molecular weight is 732 g/mol. The first-order chi connectivity index (χ1) is 26.4. The van der Waals surface area contributed by atoms with Crippen LogP contribution in [0.5, 0.6) is 11.5 Å². The third kappa shape index (κ3) is 9.27. The van der Waals surface area contributed by atoms with Gasteiger partial charge in [-0.15, -0.1) is 5.10 Å². The molecule has 4 aromatic carbocycles. The van der Waals surface area contributed by atoms with Crippen LogP contribution in [0.2, 0.25) is 0 Å². The average Bonchev–Trinajstić information content (AvgIpc) is 3.63. The summed E-state index contributed by atoms with van der Waals surface area (Å²) in [4.78, 5) is 25.0. The summed E-state index contributed by atoms with van der Waals surface area (Å²) < 4.78 is 50.1. The molecule has 0 aliphatic carbocycles. The Balaban J connectivity index is 0.739. The first-order valence-corrected chi connectivity index (χ1v) is 17.7. The fourth-order valence-corrected chi connectivity index (χ4v) is 5.82. The number of hydrogen-bond donors (Lipinski definition) is 0. The molecule has 7 aromatic rings. The van der Waals surface area contributed by atoms with Crippen molar-refractivity contribution < 1.29 is 32.2 Å². The number of fused-ring (bicyclic) bond motifs is 2. The zero-order valence-electron chi connectivity index (χ0n) is 29.7. The Morgan fingerprint density at radius 2 is 1.28 bits per heavy atom. The molecule has 11 nitrogen and oxygen atoms in total. The van der Waals surface area contributed by atoms with E-state index in [4.69, 9.17) is 27.8 Å². The molecule has 276 valence electrons. The maximum Gasteiger partial charge on any atom is 0.193 e. The van der Waals surface area contributed by atoms with Gasteiger partial charge < -0.3 is 27.8 Å². The van der Waals surface area contributed by atoms with Crippen molar-refractivity contribution in [3.63, 3.8) is 0 Å². The van der Waals surface area contributed by atoms with Crippen LogP contribution in [-0.2, 0) is 22.4 Å². The molecule has 0 amide bonds. The van der Waals surface area contributed by atoms with Gasteiger partial charge in [-0.2, -0.15) is 0 Å². The van der Waals surface area contributed by atoms with Gasteiger partial charge in [-0.1, -0.05) is 16.8 Å². The molecule has 7 rings (SSSR count). The summed E-state index contributed by atoms with van der Waals surface area (Å²) in [5, 5.41) is 9.32. The summed E-state index contributed by atoms with van der Waals surface area (Å²) in [6.45, 7) is 5.17. The summed E-state index contributed by atoms with van der Waals surface area (Å²) >= 11 is 0. The molecule has 0 fully saturated rings. The van der Waals surface area contributed by atoms with E-state index < -0.39 is 5.82 Å². The monoisotopic (exact) mass is 731 g/mol. The van der Waals surface area contributed by atoms with Crippen LogP contribution in [0.3, 0.4) is 0 Å². The van der Waals surface area contributed by atoms with Crippen LogP contribution in [0.4, 0.5) is 4.39 Å². The maximum atomic E-state index is 13.6. The van der Waals surface area contributed by atoms with Gasteiger partial charge in [0.15, 0.2) is 10.9 Å². The molecule has 0 saturated heterocycles. The fourth-order valence-electron chi connectivity index (χ4n) is 5.82. The van der Waals surface area contributed by atoms with Crippen molar-refractivity contribution in [3.8, 4) is 34.1 Å². The van der Waals surface area contributed by atoms with Gasteiger partial charge in [0, 0.05) is 35.5 Å². The van der Waals surface area contributed by atoms with Gasteiger partial charge in [-0.25, -0.2) is 9.07 Å². The van der Waals surface area contributed by atoms with E-state index in [9.17, 15) is 14.0 Å². The Morgan fingerprint density at radius 1 is 0.648 bits per heavy atom. The highest BCUT2D eigenvalue weighted by Crippen LogP contribution is 2.26. The molecule has 12 heteroatoms. The number of aryl methyl sites for hydroxylation is 2. The van der Waals surface area contributed by atoms with E-state index >= 15 is 0 Å². The lowest BCUT2D eigenvalue weighted by Gasteiger charge is -2.09. The van der Waals surface area contributed by atoms with E-state index in [1.165, 1.54) is 30.3 Å². The second-order valence-electron chi connectivity index (χ2n) is 12.6. The van der Waals surface area contributed by atoms with Gasteiger partial charge in [0.25, 0.3) is 0 Å². The van der Waals surface area contributed by atoms with Crippen LogP contribution in [0.25, 0.3) is 44.6 Å². The van der Waals surface area contributed by atoms with Gasteiger partial charge in [-0.3, -0.25) is 9.59 Å². The standard InChI is InChI=1S/C42H38FN3O8/c1-28-4-15-39-36(23-28)38(48)26-40(53-39)29-7-12-34(13-8-29)52-22-21-50-20-19-49-18-16-46-27-32(44-45-46)3-2-17-51-33-10-5-30(6-11-33)41-25-37(47)35-14-9-31(43)24-42(35)54-41/h4-15,23-27H,2-3,16-22H2,1H3. The molecule has 0 bridgehead atoms. The molecule has 0 aliphatic rings. The first-order valence-electron chi connectivity index (χ1n) is 17.7. The highest BCUT2D eigenvalue weighted by Gasteiger charge is 2.10. The Hall–Kier alpha value is -6.11. The molecule has 0 spiro atoms. The van der Waals surface area contributed by atoms with E-state index in [-0.39, 0.29) is 16.4 Å². The second-order valence-corrected chi connectivity index (χ2v) is 12.6. The molecule has 3 heterocycles. The van der Waals surface area contributed by atoms with Crippen LogP contribution >= 0.6 is 0 Å². The van der Waals surface area contributed by atoms with Crippen molar-refractivity contribution in [3.05, 3.63) is 141 Å². The van der Waals surface area contributed by atoms with Gasteiger partial charge in [-0.05, 0) is 92.6 Å². The number of rotatable bonds is 17. The van der Waals surface area contributed by atoms with E-state index in [2.05, 4.69) is 10.3 Å². The molecule has 3 aromatic heterocycles. The minimum absolute atomic E-state index is 0.0695. The third-order valence-corrected chi connectivity index (χ3v) is 8.62. The minimum Gasteiger partial charge on any atom is -0.494 e. The summed E-state index contributed by atoms with van der Waals surface area (Å²) in [6, 6.07) is 27.0. The molecule has 0 aliphatic heterocycles. The summed E-state index contributed by atoms with van der Waals surface area (Å²) in [7, 11) is 0. The Bertz CT molecular complexity index is 2460. The van der Waals surface area contributed by atoms with Gasteiger partial charge in [0.1, 0.15) is 46.6 Å². The fraction of sp³-hybridized carbons (Fsp3) is 0.238. The van der Waals surface area contributed by atoms with Crippen molar-refractivity contribution in [2.24, 2.45) is 0 Å². The van der Waals surface area contributed by atoms with Crippen molar-refractivity contribution >= 4 is 21.9 Å². The maximum absolute atomic E-state index is 13.6. The van der Waals surface area contributed by atoms with E-state index in [0.717, 1.165) is 23.2 Å². The number of hydrogen-bond acceptors (Lipinski definition) is 10. The number of aromatic nitrogens is 3. The molecule has 0 saturated carbocycles. The first kappa shape index (κ1) is 36.3. The Morgan fingerprint density at radius 3 is 2.00 bits per heavy atom. The number of benzene rings is 4. The molecule has 54 heavy (non-hydrogen) atoms. The largest absolute Gasteiger partial charge is 0.494 e. The van der Waals surface area contributed by atoms with E-state index in [1.54, 1.807) is 28.9 Å². The quantitative estimate of drug-likeness (QED) is 0.0875. The third-order valence-electron chi connectivity index (χ3n) is 8.62. The zero-order chi connectivity index (χ0) is 37.3. The zero-order valence-corrected chi connectivity index (χ0v) is 29.7. The predicted molar refractivity (Wildman–Crippen MR) is 202 cm³/mol. The normalized spacial score (nSPS) is 11.4. The highest BCUT2D eigenvalue weighted by molar-refractivity contribution is 5.80.